The van der Waals surface area contributed by atoms with Crippen molar-refractivity contribution in [2.24, 2.45) is 5.92 Å². The summed E-state index contributed by atoms with van der Waals surface area (Å²) in [6, 6.07) is 0. The highest BCUT2D eigenvalue weighted by Gasteiger charge is 2.19. The average molecular weight is 393 g/mol. The van der Waals surface area contributed by atoms with E-state index in [1.807, 2.05) is 0 Å². The number of unbranched alkanes of at least 4 members (excludes halogenated alkanes) is 1. The van der Waals surface area contributed by atoms with E-state index in [-0.39, 0.29) is 6.47 Å². The minimum absolute atomic E-state index is 0.250. The first kappa shape index (κ1) is 23.8. The Morgan fingerprint density at radius 3 is 2.43 bits per heavy atom. The number of rotatable bonds is 10. The number of fused-ring (bicyclic) bond motifs is 1. The van der Waals surface area contributed by atoms with Gasteiger partial charge in [0.25, 0.3) is 6.47 Å². The summed E-state index contributed by atoms with van der Waals surface area (Å²) in [6.45, 7) is 9.41. The average Bonchev–Trinajstić information content (AvgIpc) is 2.97. The molecule has 0 aliphatic rings. The van der Waals surface area contributed by atoms with Crippen LogP contribution in [0.5, 0.6) is 0 Å². The van der Waals surface area contributed by atoms with Gasteiger partial charge < -0.3 is 14.9 Å². The van der Waals surface area contributed by atoms with Gasteiger partial charge in [0, 0.05) is 20.1 Å². The lowest BCUT2D eigenvalue weighted by Gasteiger charge is -2.20. The van der Waals surface area contributed by atoms with Crippen LogP contribution in [0.15, 0.2) is 6.33 Å². The van der Waals surface area contributed by atoms with Gasteiger partial charge in [0.2, 0.25) is 0 Å². The Labute approximate surface area is 168 Å². The maximum Gasteiger partial charge on any atom is 0.290 e. The fourth-order valence-corrected chi connectivity index (χ4v) is 3.08. The summed E-state index contributed by atoms with van der Waals surface area (Å²) >= 11 is 0. The third-order valence-electron chi connectivity index (χ3n) is 4.37. The van der Waals surface area contributed by atoms with E-state index in [0.717, 1.165) is 67.9 Å². The molecule has 0 saturated heterocycles. The molecule has 28 heavy (non-hydrogen) atoms. The smallest absolute Gasteiger partial charge is 0.290 e. The number of hydrogen-bond donors (Lipinski definition) is 1. The molecule has 0 saturated carbocycles. The highest BCUT2D eigenvalue weighted by atomic mass is 16.3. The van der Waals surface area contributed by atoms with Crippen LogP contribution in [0.2, 0.25) is 0 Å². The molecule has 0 aromatic carbocycles. The molecule has 0 aliphatic heterocycles. The van der Waals surface area contributed by atoms with E-state index in [9.17, 15) is 0 Å². The Hall–Kier alpha value is -2.22. The molecule has 2 aromatic rings. The van der Waals surface area contributed by atoms with E-state index in [0.29, 0.717) is 5.92 Å². The van der Waals surface area contributed by atoms with E-state index >= 15 is 0 Å². The quantitative estimate of drug-likeness (QED) is 0.622. The van der Waals surface area contributed by atoms with E-state index in [2.05, 4.69) is 66.4 Å². The highest BCUT2D eigenvalue weighted by molar-refractivity contribution is 5.89. The van der Waals surface area contributed by atoms with Gasteiger partial charge in [0.05, 0.1) is 11.1 Å². The molecular formula is C20H36N6O2. The molecule has 0 unspecified atom stereocenters. The van der Waals surface area contributed by atoms with Crippen molar-refractivity contribution >= 4 is 23.3 Å². The molecule has 0 spiro atoms. The van der Waals surface area contributed by atoms with Gasteiger partial charge in [-0.2, -0.15) is 5.10 Å². The molecule has 158 valence electrons. The zero-order valence-corrected chi connectivity index (χ0v) is 18.2. The van der Waals surface area contributed by atoms with Crippen LogP contribution in [0.25, 0.3) is 11.0 Å². The second kappa shape index (κ2) is 12.3. The normalized spacial score (nSPS) is 11.0. The number of aryl methyl sites for hydroxylation is 1. The van der Waals surface area contributed by atoms with Crippen LogP contribution in [0.1, 0.15) is 45.7 Å². The first-order valence-corrected chi connectivity index (χ1v) is 9.99. The van der Waals surface area contributed by atoms with Crippen molar-refractivity contribution < 1.29 is 9.90 Å². The molecule has 2 aromatic heterocycles. The van der Waals surface area contributed by atoms with Crippen LogP contribution in [0, 0.1) is 5.92 Å². The summed E-state index contributed by atoms with van der Waals surface area (Å²) in [5.74, 6) is 1.58. The summed E-state index contributed by atoms with van der Waals surface area (Å²) in [5, 5.41) is 12.9. The van der Waals surface area contributed by atoms with Gasteiger partial charge in [-0.05, 0) is 45.8 Å². The molecule has 0 atom stereocenters. The predicted molar refractivity (Wildman–Crippen MR) is 114 cm³/mol. The number of nitrogens with zero attached hydrogens (tertiary/aromatic N) is 6. The lowest BCUT2D eigenvalue weighted by molar-refractivity contribution is -0.122. The third kappa shape index (κ3) is 7.07. The topological polar surface area (TPSA) is 87.4 Å². The molecule has 0 aliphatic carbocycles. The highest BCUT2D eigenvalue weighted by Crippen LogP contribution is 2.28. The van der Waals surface area contributed by atoms with Crippen LogP contribution < -0.4 is 4.90 Å². The van der Waals surface area contributed by atoms with Crippen LogP contribution in [0.3, 0.4) is 0 Å². The molecule has 8 heteroatoms. The SMILES string of the molecule is CCCCn1nc(CC(C)C)c2c(N(C)CCCN(C)C)ncnc21.O=CO. The first-order chi connectivity index (χ1) is 13.3. The lowest BCUT2D eigenvalue weighted by atomic mass is 10.1. The summed E-state index contributed by atoms with van der Waals surface area (Å²) in [5.41, 5.74) is 2.12. The van der Waals surface area contributed by atoms with Crippen molar-refractivity contribution in [1.82, 2.24) is 24.6 Å². The van der Waals surface area contributed by atoms with E-state index < -0.39 is 0 Å². The van der Waals surface area contributed by atoms with Gasteiger partial charge in [0.1, 0.15) is 12.1 Å². The number of hydrogen-bond acceptors (Lipinski definition) is 6. The molecule has 0 fully saturated rings. The fraction of sp³-hybridized carbons (Fsp3) is 0.700. The summed E-state index contributed by atoms with van der Waals surface area (Å²) in [4.78, 5) is 22.0. The second-order valence-corrected chi connectivity index (χ2v) is 7.70. The number of carboxylic acid groups (broad SMARTS) is 1. The Bertz CT molecular complexity index is 714. The summed E-state index contributed by atoms with van der Waals surface area (Å²) in [7, 11) is 6.35. The van der Waals surface area contributed by atoms with Gasteiger partial charge in [0.15, 0.2) is 5.65 Å². The number of aromatic nitrogens is 4. The number of carbonyl (C=O) groups is 1. The minimum atomic E-state index is -0.250. The molecule has 2 heterocycles. The molecule has 0 amide bonds. The van der Waals surface area contributed by atoms with Gasteiger partial charge in [-0.3, -0.25) is 4.79 Å². The van der Waals surface area contributed by atoms with Gasteiger partial charge >= 0.3 is 0 Å². The van der Waals surface area contributed by atoms with Crippen molar-refractivity contribution in [3.63, 3.8) is 0 Å². The maximum atomic E-state index is 8.36. The number of anilines is 1. The van der Waals surface area contributed by atoms with Crippen LogP contribution in [0.4, 0.5) is 5.82 Å². The molecular weight excluding hydrogens is 356 g/mol. The van der Waals surface area contributed by atoms with Crippen LogP contribution >= 0.6 is 0 Å². The maximum absolute atomic E-state index is 8.36. The van der Waals surface area contributed by atoms with Crippen LogP contribution in [-0.2, 0) is 17.8 Å². The fourth-order valence-electron chi connectivity index (χ4n) is 3.08. The predicted octanol–water partition coefficient (Wildman–Crippen LogP) is 2.91. The van der Waals surface area contributed by atoms with Crippen LogP contribution in [-0.4, -0.2) is 70.5 Å². The van der Waals surface area contributed by atoms with Crippen molar-refractivity contribution in [2.45, 2.75) is 53.0 Å². The van der Waals surface area contributed by atoms with Crippen molar-refractivity contribution in [2.75, 3.05) is 39.1 Å². The zero-order chi connectivity index (χ0) is 21.1. The largest absolute Gasteiger partial charge is 0.483 e. The molecule has 2 rings (SSSR count). The molecule has 0 bridgehead atoms. The van der Waals surface area contributed by atoms with E-state index in [4.69, 9.17) is 15.0 Å². The monoisotopic (exact) mass is 392 g/mol. The Morgan fingerprint density at radius 1 is 1.18 bits per heavy atom. The van der Waals surface area contributed by atoms with E-state index in [1.165, 1.54) is 0 Å². The minimum Gasteiger partial charge on any atom is -0.483 e. The Morgan fingerprint density at radius 2 is 1.86 bits per heavy atom. The second-order valence-electron chi connectivity index (χ2n) is 7.70. The Kier molecular flexibility index (Phi) is 10.4. The Balaban J connectivity index is 0.00000122. The lowest BCUT2D eigenvalue weighted by Crippen LogP contribution is -2.24. The molecule has 8 nitrogen and oxygen atoms in total. The van der Waals surface area contributed by atoms with Gasteiger partial charge in [-0.15, -0.1) is 0 Å². The third-order valence-corrected chi connectivity index (χ3v) is 4.37. The van der Waals surface area contributed by atoms with Gasteiger partial charge in [-0.1, -0.05) is 27.2 Å². The standard InChI is InChI=1S/C19H34N6.CH2O2/c1-7-8-12-25-19-17(16(22-25)13-15(2)3)18(20-14-21-19)24(6)11-9-10-23(4)5;2-1-3/h14-15H,7-13H2,1-6H3;1H,(H,2,3). The molecule has 1 N–H and O–H groups in total. The zero-order valence-electron chi connectivity index (χ0n) is 18.2. The molecule has 0 radical (unpaired) electrons. The van der Waals surface area contributed by atoms with Crippen molar-refractivity contribution in [1.29, 1.82) is 0 Å². The van der Waals surface area contributed by atoms with E-state index in [1.54, 1.807) is 6.33 Å². The van der Waals surface area contributed by atoms with Crippen molar-refractivity contribution in [3.05, 3.63) is 12.0 Å². The summed E-state index contributed by atoms with van der Waals surface area (Å²) in [6.07, 6.45) is 6.03. The summed E-state index contributed by atoms with van der Waals surface area (Å²) < 4.78 is 2.08. The first-order valence-electron chi connectivity index (χ1n) is 9.99. The van der Waals surface area contributed by atoms with Crippen molar-refractivity contribution in [3.8, 4) is 0 Å². The van der Waals surface area contributed by atoms with Gasteiger partial charge in [-0.25, -0.2) is 14.6 Å².